The fourth-order valence-electron chi connectivity index (χ4n) is 2.80. The van der Waals surface area contributed by atoms with Crippen LogP contribution in [0.5, 0.6) is 5.75 Å². The lowest BCUT2D eigenvalue weighted by atomic mass is 10.1. The van der Waals surface area contributed by atoms with Crippen LogP contribution in [0, 0.1) is 6.92 Å². The first-order chi connectivity index (χ1) is 12.1. The van der Waals surface area contributed by atoms with Crippen molar-refractivity contribution >= 4 is 23.3 Å². The maximum absolute atomic E-state index is 12.2. The molecule has 0 aliphatic carbocycles. The molecule has 0 N–H and O–H groups in total. The van der Waals surface area contributed by atoms with Gasteiger partial charge in [0.2, 0.25) is 11.8 Å². The largest absolute Gasteiger partial charge is 0.483 e. The van der Waals surface area contributed by atoms with Crippen LogP contribution in [-0.4, -0.2) is 24.2 Å². The number of imide groups is 1. The van der Waals surface area contributed by atoms with Crippen molar-refractivity contribution in [2.24, 2.45) is 0 Å². The lowest BCUT2D eigenvalue weighted by Crippen LogP contribution is -2.40. The first kappa shape index (κ1) is 16.9. The Balaban J connectivity index is 1.83. The molecule has 5 nitrogen and oxygen atoms in total. The smallest absolute Gasteiger partial charge is 0.233 e. The first-order valence-corrected chi connectivity index (χ1v) is 8.24. The molecule has 25 heavy (non-hydrogen) atoms. The third-order valence-electron chi connectivity index (χ3n) is 4.09. The maximum Gasteiger partial charge on any atom is 0.233 e. The van der Waals surface area contributed by atoms with Crippen molar-refractivity contribution in [2.75, 3.05) is 11.5 Å². The number of ether oxygens (including phenoxy) is 1. The van der Waals surface area contributed by atoms with Crippen molar-refractivity contribution in [1.82, 2.24) is 0 Å². The maximum atomic E-state index is 12.2. The van der Waals surface area contributed by atoms with Crippen LogP contribution in [0.1, 0.15) is 35.2 Å². The zero-order valence-electron chi connectivity index (χ0n) is 14.0. The average molecular weight is 337 g/mol. The molecule has 2 amide bonds. The van der Waals surface area contributed by atoms with E-state index in [2.05, 4.69) is 0 Å². The molecule has 0 atom stereocenters. The molecule has 0 spiro atoms. The number of rotatable bonds is 5. The van der Waals surface area contributed by atoms with Crippen molar-refractivity contribution in [3.05, 3.63) is 59.7 Å². The van der Waals surface area contributed by atoms with E-state index in [1.807, 2.05) is 19.1 Å². The Bertz CT molecular complexity index is 798. The molecule has 0 bridgehead atoms. The standard InChI is InChI=1S/C20H19NO4/c1-14-10-11-18(25-13-17(22)15-6-3-2-4-7-15)16(12-14)21-19(23)8-5-9-20(21)24/h2-4,6-7,10-12H,5,8-9,13H2,1H3. The number of carbonyl (C=O) groups excluding carboxylic acids is 3. The number of hydrogen-bond donors (Lipinski definition) is 0. The second-order valence-electron chi connectivity index (χ2n) is 6.03. The van der Waals surface area contributed by atoms with E-state index in [0.29, 0.717) is 36.3 Å². The molecule has 0 unspecified atom stereocenters. The quantitative estimate of drug-likeness (QED) is 0.620. The zero-order chi connectivity index (χ0) is 17.8. The van der Waals surface area contributed by atoms with Gasteiger partial charge in [-0.25, -0.2) is 4.90 Å². The number of piperidine rings is 1. The number of aryl methyl sites for hydroxylation is 1. The van der Waals surface area contributed by atoms with Gasteiger partial charge in [0.15, 0.2) is 12.4 Å². The topological polar surface area (TPSA) is 63.7 Å². The van der Waals surface area contributed by atoms with E-state index < -0.39 is 0 Å². The summed E-state index contributed by atoms with van der Waals surface area (Å²) < 4.78 is 5.66. The molecule has 2 aromatic rings. The number of ketones is 1. The van der Waals surface area contributed by atoms with E-state index in [9.17, 15) is 14.4 Å². The van der Waals surface area contributed by atoms with Crippen molar-refractivity contribution in [3.8, 4) is 5.75 Å². The van der Waals surface area contributed by atoms with Crippen LogP contribution >= 0.6 is 0 Å². The highest BCUT2D eigenvalue weighted by atomic mass is 16.5. The Morgan fingerprint density at radius 1 is 1.04 bits per heavy atom. The van der Waals surface area contributed by atoms with Crippen molar-refractivity contribution in [2.45, 2.75) is 26.2 Å². The van der Waals surface area contributed by atoms with Gasteiger partial charge < -0.3 is 4.74 Å². The average Bonchev–Trinajstić information content (AvgIpc) is 2.61. The number of benzene rings is 2. The van der Waals surface area contributed by atoms with Crippen LogP contribution in [0.4, 0.5) is 5.69 Å². The van der Waals surface area contributed by atoms with Gasteiger partial charge in [-0.2, -0.15) is 0 Å². The number of carbonyl (C=O) groups is 3. The lowest BCUT2D eigenvalue weighted by molar-refractivity contribution is -0.129. The number of anilines is 1. The van der Waals surface area contributed by atoms with Crippen LogP contribution in [-0.2, 0) is 9.59 Å². The summed E-state index contributed by atoms with van der Waals surface area (Å²) in [6, 6.07) is 14.1. The van der Waals surface area contributed by atoms with Crippen LogP contribution in [0.2, 0.25) is 0 Å². The first-order valence-electron chi connectivity index (χ1n) is 8.24. The second-order valence-corrected chi connectivity index (χ2v) is 6.03. The van der Waals surface area contributed by atoms with Crippen molar-refractivity contribution < 1.29 is 19.1 Å². The van der Waals surface area contributed by atoms with Gasteiger partial charge >= 0.3 is 0 Å². The van der Waals surface area contributed by atoms with Gasteiger partial charge in [0.25, 0.3) is 0 Å². The molecule has 1 fully saturated rings. The zero-order valence-corrected chi connectivity index (χ0v) is 14.0. The number of amides is 2. The Morgan fingerprint density at radius 3 is 2.40 bits per heavy atom. The molecule has 1 aliphatic heterocycles. The normalized spacial score (nSPS) is 14.5. The highest BCUT2D eigenvalue weighted by molar-refractivity contribution is 6.17. The molecular formula is C20H19NO4. The molecular weight excluding hydrogens is 318 g/mol. The van der Waals surface area contributed by atoms with Crippen LogP contribution in [0.15, 0.2) is 48.5 Å². The summed E-state index contributed by atoms with van der Waals surface area (Å²) in [5.74, 6) is -0.274. The van der Waals surface area contributed by atoms with Gasteiger partial charge in [0, 0.05) is 18.4 Å². The molecule has 2 aromatic carbocycles. The van der Waals surface area contributed by atoms with Gasteiger partial charge in [-0.1, -0.05) is 36.4 Å². The minimum Gasteiger partial charge on any atom is -0.483 e. The van der Waals surface area contributed by atoms with Gasteiger partial charge in [0.05, 0.1) is 5.69 Å². The fourth-order valence-corrected chi connectivity index (χ4v) is 2.80. The molecule has 0 radical (unpaired) electrons. The highest BCUT2D eigenvalue weighted by Gasteiger charge is 2.29. The molecule has 1 aliphatic rings. The number of nitrogens with zero attached hydrogens (tertiary/aromatic N) is 1. The third-order valence-corrected chi connectivity index (χ3v) is 4.09. The SMILES string of the molecule is Cc1ccc(OCC(=O)c2ccccc2)c(N2C(=O)CCCC2=O)c1. The third kappa shape index (κ3) is 3.76. The summed E-state index contributed by atoms with van der Waals surface area (Å²) in [5.41, 5.74) is 1.87. The van der Waals surface area contributed by atoms with E-state index in [0.717, 1.165) is 5.56 Å². The van der Waals surface area contributed by atoms with Crippen LogP contribution in [0.3, 0.4) is 0 Å². The summed E-state index contributed by atoms with van der Waals surface area (Å²) in [6.45, 7) is 1.72. The van der Waals surface area contributed by atoms with Gasteiger partial charge in [-0.3, -0.25) is 14.4 Å². The van der Waals surface area contributed by atoms with Crippen molar-refractivity contribution in [1.29, 1.82) is 0 Å². The molecule has 3 rings (SSSR count). The second kappa shape index (κ2) is 7.30. The monoisotopic (exact) mass is 337 g/mol. The van der Waals surface area contributed by atoms with E-state index in [4.69, 9.17) is 4.74 Å². The summed E-state index contributed by atoms with van der Waals surface area (Å²) in [4.78, 5) is 37.8. The fraction of sp³-hybridized carbons (Fsp3) is 0.250. The predicted octanol–water partition coefficient (Wildman–Crippen LogP) is 3.30. The van der Waals surface area contributed by atoms with Gasteiger partial charge in [-0.15, -0.1) is 0 Å². The highest BCUT2D eigenvalue weighted by Crippen LogP contribution is 2.32. The van der Waals surface area contributed by atoms with E-state index in [1.54, 1.807) is 36.4 Å². The van der Waals surface area contributed by atoms with E-state index >= 15 is 0 Å². The summed E-state index contributed by atoms with van der Waals surface area (Å²) in [7, 11) is 0. The van der Waals surface area contributed by atoms with Crippen LogP contribution < -0.4 is 9.64 Å². The van der Waals surface area contributed by atoms with Crippen LogP contribution in [0.25, 0.3) is 0 Å². The molecule has 1 saturated heterocycles. The molecule has 0 aromatic heterocycles. The number of hydrogen-bond acceptors (Lipinski definition) is 4. The predicted molar refractivity (Wildman–Crippen MR) is 93.8 cm³/mol. The minimum atomic E-state index is -0.235. The summed E-state index contributed by atoms with van der Waals surface area (Å²) in [5, 5.41) is 0. The Morgan fingerprint density at radius 2 is 1.72 bits per heavy atom. The Kier molecular flexibility index (Phi) is 4.93. The molecule has 1 heterocycles. The Hall–Kier alpha value is -2.95. The minimum absolute atomic E-state index is 0.156. The van der Waals surface area contributed by atoms with Gasteiger partial charge in [-0.05, 0) is 31.0 Å². The summed E-state index contributed by atoms with van der Waals surface area (Å²) in [6.07, 6.45) is 1.24. The lowest BCUT2D eigenvalue weighted by Gasteiger charge is -2.27. The molecule has 0 saturated carbocycles. The summed E-state index contributed by atoms with van der Waals surface area (Å²) >= 11 is 0. The van der Waals surface area contributed by atoms with Gasteiger partial charge in [0.1, 0.15) is 5.75 Å². The number of Topliss-reactive ketones (excluding diaryl/α,β-unsaturated/α-hetero) is 1. The van der Waals surface area contributed by atoms with E-state index in [1.165, 1.54) is 4.90 Å². The molecule has 5 heteroatoms. The molecule has 128 valence electrons. The van der Waals surface area contributed by atoms with E-state index in [-0.39, 0.29) is 24.2 Å². The van der Waals surface area contributed by atoms with Crippen molar-refractivity contribution in [3.63, 3.8) is 0 Å². The Labute approximate surface area is 146 Å².